The molecule has 0 amide bonds. The fraction of sp³-hybridized carbons (Fsp3) is 0.300. The van der Waals surface area contributed by atoms with Crippen LogP contribution in [0.2, 0.25) is 0 Å². The molecule has 0 bridgehead atoms. The van der Waals surface area contributed by atoms with Gasteiger partial charge in [0.05, 0.1) is 6.04 Å². The second-order valence-corrected chi connectivity index (χ2v) is 7.13. The van der Waals surface area contributed by atoms with Crippen LogP contribution in [-0.2, 0) is 6.42 Å². The molecule has 1 nitrogen and oxygen atoms in total. The van der Waals surface area contributed by atoms with Gasteiger partial charge in [0.1, 0.15) is 0 Å². The van der Waals surface area contributed by atoms with Gasteiger partial charge in [0, 0.05) is 16.1 Å². The van der Waals surface area contributed by atoms with E-state index in [1.807, 2.05) is 0 Å². The van der Waals surface area contributed by atoms with Gasteiger partial charge in [-0.3, -0.25) is 0 Å². The van der Waals surface area contributed by atoms with E-state index in [-0.39, 0.29) is 0 Å². The Bertz CT molecular complexity index is 734. The fourth-order valence-electron chi connectivity index (χ4n) is 3.90. The molecule has 2 aromatic rings. The molecular formula is C20H20BrN. The Morgan fingerprint density at radius 3 is 2.82 bits per heavy atom. The third-order valence-electron chi connectivity index (χ3n) is 5.08. The van der Waals surface area contributed by atoms with Crippen LogP contribution < -0.4 is 5.32 Å². The van der Waals surface area contributed by atoms with Crippen LogP contribution in [0.5, 0.6) is 0 Å². The summed E-state index contributed by atoms with van der Waals surface area (Å²) in [4.78, 5) is 0. The highest BCUT2D eigenvalue weighted by atomic mass is 79.9. The molecule has 112 valence electrons. The molecule has 2 aromatic carbocycles. The van der Waals surface area contributed by atoms with Crippen LogP contribution in [0.15, 0.2) is 59.1 Å². The summed E-state index contributed by atoms with van der Waals surface area (Å²) in [5.74, 6) is 1.15. The summed E-state index contributed by atoms with van der Waals surface area (Å²) in [5.41, 5.74) is 5.57. The van der Waals surface area contributed by atoms with Crippen molar-refractivity contribution in [3.05, 3.63) is 75.8 Å². The van der Waals surface area contributed by atoms with Gasteiger partial charge in [-0.25, -0.2) is 0 Å². The smallest absolute Gasteiger partial charge is 0.0565 e. The maximum atomic E-state index is 3.81. The summed E-state index contributed by atoms with van der Waals surface area (Å²) < 4.78 is 1.20. The minimum Gasteiger partial charge on any atom is -0.378 e. The molecular weight excluding hydrogens is 334 g/mol. The van der Waals surface area contributed by atoms with Crippen LogP contribution >= 0.6 is 15.9 Å². The number of fused-ring (bicyclic) bond motifs is 3. The van der Waals surface area contributed by atoms with Crippen LogP contribution in [0.25, 0.3) is 0 Å². The largest absolute Gasteiger partial charge is 0.378 e. The average molecular weight is 354 g/mol. The van der Waals surface area contributed by atoms with Crippen LogP contribution in [0.3, 0.4) is 0 Å². The van der Waals surface area contributed by atoms with Crippen LogP contribution in [0, 0.1) is 5.92 Å². The van der Waals surface area contributed by atoms with Crippen molar-refractivity contribution in [2.24, 2.45) is 5.92 Å². The summed E-state index contributed by atoms with van der Waals surface area (Å²) in [5, 5.41) is 3.81. The molecule has 0 saturated heterocycles. The summed E-state index contributed by atoms with van der Waals surface area (Å²) in [6.45, 7) is 2.23. The quantitative estimate of drug-likeness (QED) is 0.668. The first kappa shape index (κ1) is 14.1. The van der Waals surface area contributed by atoms with Gasteiger partial charge in [-0.15, -0.1) is 0 Å². The average Bonchev–Trinajstić information content (AvgIpc) is 3.04. The summed E-state index contributed by atoms with van der Waals surface area (Å²) in [6.07, 6.45) is 7.02. The molecule has 2 heteroatoms. The summed E-state index contributed by atoms with van der Waals surface area (Å²) in [7, 11) is 0. The van der Waals surface area contributed by atoms with Gasteiger partial charge < -0.3 is 5.32 Å². The number of allylic oxidation sites excluding steroid dienone is 2. The normalized spacial score (nSPS) is 25.5. The van der Waals surface area contributed by atoms with Crippen molar-refractivity contribution < 1.29 is 0 Å². The maximum Gasteiger partial charge on any atom is 0.0565 e. The highest BCUT2D eigenvalue weighted by molar-refractivity contribution is 9.10. The second-order valence-electron chi connectivity index (χ2n) is 6.27. The Balaban J connectivity index is 1.80. The maximum absolute atomic E-state index is 3.81. The predicted molar refractivity (Wildman–Crippen MR) is 96.3 cm³/mol. The summed E-state index contributed by atoms with van der Waals surface area (Å²) in [6, 6.07) is 15.9. The molecule has 1 N–H and O–H groups in total. The minimum atomic E-state index is 0.371. The number of hydrogen-bond acceptors (Lipinski definition) is 1. The predicted octanol–water partition coefficient (Wildman–Crippen LogP) is 5.84. The number of rotatable bonds is 2. The van der Waals surface area contributed by atoms with Gasteiger partial charge >= 0.3 is 0 Å². The Hall–Kier alpha value is -1.54. The van der Waals surface area contributed by atoms with Crippen molar-refractivity contribution in [1.29, 1.82) is 0 Å². The molecule has 1 heterocycles. The van der Waals surface area contributed by atoms with E-state index in [2.05, 4.69) is 82.8 Å². The van der Waals surface area contributed by atoms with E-state index < -0.39 is 0 Å². The van der Waals surface area contributed by atoms with Crippen LogP contribution in [0.1, 0.15) is 42.0 Å². The molecule has 1 aliphatic carbocycles. The number of nitrogens with one attached hydrogen (secondary N) is 1. The number of halogens is 1. The lowest BCUT2D eigenvalue weighted by atomic mass is 9.76. The van der Waals surface area contributed by atoms with Crippen molar-refractivity contribution in [2.75, 3.05) is 5.32 Å². The molecule has 2 aliphatic rings. The number of benzene rings is 2. The zero-order valence-electron chi connectivity index (χ0n) is 12.7. The van der Waals surface area contributed by atoms with E-state index in [1.165, 1.54) is 26.9 Å². The van der Waals surface area contributed by atoms with E-state index in [1.54, 1.807) is 0 Å². The van der Waals surface area contributed by atoms with Crippen molar-refractivity contribution in [2.45, 2.75) is 31.7 Å². The molecule has 0 aromatic heterocycles. The van der Waals surface area contributed by atoms with E-state index in [9.17, 15) is 0 Å². The van der Waals surface area contributed by atoms with Crippen molar-refractivity contribution in [1.82, 2.24) is 0 Å². The third kappa shape index (κ3) is 2.21. The fourth-order valence-corrected chi connectivity index (χ4v) is 4.43. The Labute approximate surface area is 140 Å². The van der Waals surface area contributed by atoms with Crippen molar-refractivity contribution in [3.8, 4) is 0 Å². The van der Waals surface area contributed by atoms with Gasteiger partial charge in [-0.05, 0) is 47.6 Å². The van der Waals surface area contributed by atoms with E-state index in [4.69, 9.17) is 0 Å². The number of hydrogen-bond donors (Lipinski definition) is 1. The molecule has 4 rings (SSSR count). The molecule has 22 heavy (non-hydrogen) atoms. The summed E-state index contributed by atoms with van der Waals surface area (Å²) >= 11 is 3.73. The van der Waals surface area contributed by atoms with Crippen molar-refractivity contribution in [3.63, 3.8) is 0 Å². The zero-order chi connectivity index (χ0) is 15.1. The Kier molecular flexibility index (Phi) is 3.57. The molecule has 0 unspecified atom stereocenters. The van der Waals surface area contributed by atoms with Gasteiger partial charge in [0.2, 0.25) is 0 Å². The Morgan fingerprint density at radius 1 is 1.14 bits per heavy atom. The van der Waals surface area contributed by atoms with E-state index >= 15 is 0 Å². The van der Waals surface area contributed by atoms with Gasteiger partial charge in [0.15, 0.2) is 0 Å². The van der Waals surface area contributed by atoms with Gasteiger partial charge in [-0.2, -0.15) is 0 Å². The standard InChI is InChI=1S/C20H20BrN/c1-2-13-10-11-19-17(12-13)14-7-5-8-15(14)20(22-19)16-6-3-4-9-18(16)21/h3-7,9-12,14-15,20,22H,2,8H2,1H3/t14-,15+,20+/m1/s1. The SMILES string of the molecule is CCc1ccc2c(c1)[C@@H]1C=CC[C@@H]1[C@@H](c1ccccc1Br)N2. The Morgan fingerprint density at radius 2 is 2.00 bits per heavy atom. The van der Waals surface area contributed by atoms with Gasteiger partial charge in [0.25, 0.3) is 0 Å². The highest BCUT2D eigenvalue weighted by Crippen LogP contribution is 2.50. The molecule has 3 atom stereocenters. The lowest BCUT2D eigenvalue weighted by molar-refractivity contribution is 0.424. The first-order valence-corrected chi connectivity index (χ1v) is 8.87. The van der Waals surface area contributed by atoms with Gasteiger partial charge in [-0.1, -0.05) is 65.3 Å². The molecule has 0 fully saturated rings. The first-order valence-electron chi connectivity index (χ1n) is 8.08. The molecule has 0 saturated carbocycles. The topological polar surface area (TPSA) is 12.0 Å². The zero-order valence-corrected chi connectivity index (χ0v) is 14.3. The molecule has 0 spiro atoms. The highest BCUT2D eigenvalue weighted by Gasteiger charge is 2.38. The minimum absolute atomic E-state index is 0.371. The van der Waals surface area contributed by atoms with Crippen molar-refractivity contribution >= 4 is 21.6 Å². The lowest BCUT2D eigenvalue weighted by Gasteiger charge is -2.38. The van der Waals surface area contributed by atoms with E-state index in [0.29, 0.717) is 17.9 Å². The second kappa shape index (κ2) is 5.58. The lowest BCUT2D eigenvalue weighted by Crippen LogP contribution is -2.29. The van der Waals surface area contributed by atoms with E-state index in [0.717, 1.165) is 12.8 Å². The molecule has 1 aliphatic heterocycles. The monoisotopic (exact) mass is 353 g/mol. The number of aryl methyl sites for hydroxylation is 1. The van der Waals surface area contributed by atoms with Crippen LogP contribution in [0.4, 0.5) is 5.69 Å². The first-order chi connectivity index (χ1) is 10.8. The molecule has 0 radical (unpaired) electrons. The number of anilines is 1. The van der Waals surface area contributed by atoms with Crippen LogP contribution in [-0.4, -0.2) is 0 Å². The third-order valence-corrected chi connectivity index (χ3v) is 5.80.